The molecule has 8 heteroatoms. The van der Waals surface area contributed by atoms with Crippen LogP contribution in [0.5, 0.6) is 0 Å². The summed E-state index contributed by atoms with van der Waals surface area (Å²) in [6, 6.07) is 7.04. The zero-order valence-corrected chi connectivity index (χ0v) is 19.9. The Morgan fingerprint density at radius 1 is 1.03 bits per heavy atom. The lowest BCUT2D eigenvalue weighted by Gasteiger charge is -2.42. The average molecular weight is 465 g/mol. The Kier molecular flexibility index (Phi) is 4.53. The highest BCUT2D eigenvalue weighted by molar-refractivity contribution is 7.85. The van der Waals surface area contributed by atoms with Crippen LogP contribution >= 0.6 is 0 Å². The first kappa shape index (κ1) is 20.2. The minimum absolute atomic E-state index is 0.0921. The van der Waals surface area contributed by atoms with Crippen LogP contribution < -0.4 is 20.9 Å². The van der Waals surface area contributed by atoms with Crippen molar-refractivity contribution in [1.29, 1.82) is 0 Å². The number of benzene rings is 1. The predicted octanol–water partition coefficient (Wildman–Crippen LogP) is 2.10. The number of nitrogens with zero attached hydrogens (tertiary/aromatic N) is 4. The largest absolute Gasteiger partial charge is 0.371 e. The zero-order chi connectivity index (χ0) is 22.2. The SMILES string of the molecule is NCC1(Nc2nc(N3CC4CN(c5ccc6c(c5)CC6)CC4C3)nc3c2S(=O)CC3)CCC1. The summed E-state index contributed by atoms with van der Waals surface area (Å²) < 4.78 is 12.7. The topological polar surface area (TPSA) is 87.4 Å². The van der Waals surface area contributed by atoms with E-state index in [2.05, 4.69) is 33.3 Å². The Hall–Kier alpha value is -2.19. The van der Waals surface area contributed by atoms with Gasteiger partial charge in [-0.25, -0.2) is 4.98 Å². The maximum Gasteiger partial charge on any atom is 0.227 e. The molecule has 2 aliphatic carbocycles. The zero-order valence-electron chi connectivity index (χ0n) is 19.1. The fourth-order valence-electron chi connectivity index (χ4n) is 6.39. The molecule has 2 aromatic rings. The van der Waals surface area contributed by atoms with Crippen LogP contribution in [-0.4, -0.2) is 58.2 Å². The van der Waals surface area contributed by atoms with Gasteiger partial charge in [0, 0.05) is 62.4 Å². The van der Waals surface area contributed by atoms with Gasteiger partial charge in [-0.1, -0.05) is 6.07 Å². The van der Waals surface area contributed by atoms with Crippen molar-refractivity contribution in [3.8, 4) is 0 Å². The molecule has 3 N–H and O–H groups in total. The molecule has 0 bridgehead atoms. The molecule has 0 radical (unpaired) electrons. The third-order valence-corrected chi connectivity index (χ3v) is 10.2. The van der Waals surface area contributed by atoms with Gasteiger partial charge in [0.2, 0.25) is 5.95 Å². The second-order valence-electron chi connectivity index (χ2n) is 10.7. The highest BCUT2D eigenvalue weighted by Crippen LogP contribution is 2.40. The van der Waals surface area contributed by atoms with E-state index in [4.69, 9.17) is 15.7 Å². The molecule has 33 heavy (non-hydrogen) atoms. The molecule has 1 aromatic heterocycles. The molecule has 3 unspecified atom stereocenters. The summed E-state index contributed by atoms with van der Waals surface area (Å²) in [7, 11) is -1.02. The van der Waals surface area contributed by atoms with Gasteiger partial charge in [-0.3, -0.25) is 4.21 Å². The average Bonchev–Trinajstić information content (AvgIpc) is 3.45. The Morgan fingerprint density at radius 2 is 1.79 bits per heavy atom. The number of hydrogen-bond acceptors (Lipinski definition) is 7. The van der Waals surface area contributed by atoms with E-state index in [1.807, 2.05) is 0 Å². The minimum Gasteiger partial charge on any atom is -0.371 e. The van der Waals surface area contributed by atoms with Crippen LogP contribution in [0.3, 0.4) is 0 Å². The number of anilines is 3. The van der Waals surface area contributed by atoms with Gasteiger partial charge in [0.05, 0.1) is 22.0 Å². The molecule has 5 aliphatic rings. The van der Waals surface area contributed by atoms with E-state index in [0.29, 0.717) is 24.1 Å². The summed E-state index contributed by atoms with van der Waals surface area (Å²) in [5.74, 6) is 3.51. The number of fused-ring (bicyclic) bond motifs is 3. The van der Waals surface area contributed by atoms with Crippen molar-refractivity contribution >= 4 is 28.3 Å². The fourth-order valence-corrected chi connectivity index (χ4v) is 7.70. The Labute approximate surface area is 197 Å². The van der Waals surface area contributed by atoms with Crippen molar-refractivity contribution in [3.63, 3.8) is 0 Å². The van der Waals surface area contributed by atoms with E-state index < -0.39 is 10.8 Å². The van der Waals surface area contributed by atoms with Crippen molar-refractivity contribution < 1.29 is 4.21 Å². The standard InChI is InChI=1S/C25H32N6OS/c26-15-25(7-1-8-25)29-23-22-21(6-9-33(22)32)27-24(28-23)31-13-18-11-30(12-19(18)14-31)20-5-4-16-2-3-17(16)10-20/h4-5,10,18-19H,1-3,6-9,11-15,26H2,(H,27,28,29). The summed E-state index contributed by atoms with van der Waals surface area (Å²) in [6.07, 6.45) is 6.54. The van der Waals surface area contributed by atoms with Crippen LogP contribution in [0.15, 0.2) is 23.1 Å². The molecule has 4 heterocycles. The number of rotatable bonds is 5. The lowest BCUT2D eigenvalue weighted by atomic mass is 9.77. The molecule has 0 amide bonds. The van der Waals surface area contributed by atoms with Crippen LogP contribution in [0, 0.1) is 11.8 Å². The number of nitrogens with one attached hydrogen (secondary N) is 1. The Balaban J connectivity index is 1.11. The molecule has 7 rings (SSSR count). The first-order valence-electron chi connectivity index (χ1n) is 12.5. The molecule has 3 fully saturated rings. The maximum absolute atomic E-state index is 12.7. The van der Waals surface area contributed by atoms with Gasteiger partial charge in [-0.05, 0) is 55.4 Å². The van der Waals surface area contributed by atoms with Crippen molar-refractivity contribution in [3.05, 3.63) is 35.0 Å². The second-order valence-corrected chi connectivity index (χ2v) is 12.2. The first-order chi connectivity index (χ1) is 16.1. The Bertz CT molecular complexity index is 1130. The van der Waals surface area contributed by atoms with Gasteiger partial charge in [-0.15, -0.1) is 0 Å². The monoisotopic (exact) mass is 464 g/mol. The molecule has 1 aromatic carbocycles. The van der Waals surface area contributed by atoms with Crippen LogP contribution in [-0.2, 0) is 30.1 Å². The summed E-state index contributed by atoms with van der Waals surface area (Å²) >= 11 is 0. The highest BCUT2D eigenvalue weighted by Gasteiger charge is 2.42. The number of hydrogen-bond donors (Lipinski definition) is 2. The van der Waals surface area contributed by atoms with Gasteiger partial charge in [-0.2, -0.15) is 4.98 Å². The van der Waals surface area contributed by atoms with Crippen LogP contribution in [0.25, 0.3) is 0 Å². The molecule has 3 atom stereocenters. The van der Waals surface area contributed by atoms with Crippen molar-refractivity contribution in [2.45, 2.75) is 49.0 Å². The quantitative estimate of drug-likeness (QED) is 0.701. The van der Waals surface area contributed by atoms with Gasteiger partial charge < -0.3 is 20.9 Å². The van der Waals surface area contributed by atoms with E-state index in [1.54, 1.807) is 0 Å². The third kappa shape index (κ3) is 3.21. The highest BCUT2D eigenvalue weighted by atomic mass is 32.2. The van der Waals surface area contributed by atoms with E-state index in [0.717, 1.165) is 67.8 Å². The smallest absolute Gasteiger partial charge is 0.227 e. The predicted molar refractivity (Wildman–Crippen MR) is 132 cm³/mol. The maximum atomic E-state index is 12.7. The van der Waals surface area contributed by atoms with Crippen molar-refractivity contribution in [1.82, 2.24) is 9.97 Å². The fraction of sp³-hybridized carbons (Fsp3) is 0.600. The summed E-state index contributed by atoms with van der Waals surface area (Å²) in [4.78, 5) is 15.7. The number of aromatic nitrogens is 2. The lowest BCUT2D eigenvalue weighted by molar-refractivity contribution is 0.286. The number of nitrogens with two attached hydrogens (primary N) is 1. The molecule has 3 aliphatic heterocycles. The summed E-state index contributed by atoms with van der Waals surface area (Å²) in [5, 5.41) is 3.63. The molecule has 7 nitrogen and oxygen atoms in total. The Morgan fingerprint density at radius 3 is 2.42 bits per heavy atom. The van der Waals surface area contributed by atoms with Gasteiger partial charge in [0.15, 0.2) is 0 Å². The van der Waals surface area contributed by atoms with E-state index in [1.165, 1.54) is 36.1 Å². The van der Waals surface area contributed by atoms with Crippen LogP contribution in [0.2, 0.25) is 0 Å². The molecule has 174 valence electrons. The summed E-state index contributed by atoms with van der Waals surface area (Å²) in [6.45, 7) is 4.79. The van der Waals surface area contributed by atoms with Crippen molar-refractivity contribution in [2.24, 2.45) is 17.6 Å². The van der Waals surface area contributed by atoms with Gasteiger partial charge in [0.1, 0.15) is 10.7 Å². The normalized spacial score (nSPS) is 28.7. The first-order valence-corrected chi connectivity index (χ1v) is 13.8. The molecular formula is C25H32N6OS. The van der Waals surface area contributed by atoms with Gasteiger partial charge in [0.25, 0.3) is 0 Å². The number of aryl methyl sites for hydroxylation is 3. The van der Waals surface area contributed by atoms with Crippen LogP contribution in [0.1, 0.15) is 36.1 Å². The molecular weight excluding hydrogens is 432 g/mol. The molecule has 0 spiro atoms. The molecule has 2 saturated heterocycles. The minimum atomic E-state index is -1.02. The van der Waals surface area contributed by atoms with Crippen molar-refractivity contribution in [2.75, 3.05) is 53.6 Å². The summed E-state index contributed by atoms with van der Waals surface area (Å²) in [5.41, 5.74) is 11.4. The molecule has 1 saturated carbocycles. The van der Waals surface area contributed by atoms with Gasteiger partial charge >= 0.3 is 0 Å². The van der Waals surface area contributed by atoms with E-state index in [9.17, 15) is 4.21 Å². The van der Waals surface area contributed by atoms with E-state index >= 15 is 0 Å². The van der Waals surface area contributed by atoms with E-state index in [-0.39, 0.29) is 5.54 Å². The second kappa shape index (κ2) is 7.40. The third-order valence-electron chi connectivity index (χ3n) is 8.75. The van der Waals surface area contributed by atoms with Crippen LogP contribution in [0.4, 0.5) is 17.5 Å². The lowest BCUT2D eigenvalue weighted by Crippen LogP contribution is -2.51.